The molecule has 4 aromatic rings. The Labute approximate surface area is 189 Å². The van der Waals surface area contributed by atoms with Crippen LogP contribution in [0.5, 0.6) is 0 Å². The Morgan fingerprint density at radius 1 is 0.688 bits per heavy atom. The molecule has 0 fully saturated rings. The number of rotatable bonds is 10. The summed E-state index contributed by atoms with van der Waals surface area (Å²) in [4.78, 5) is 0.293. The molecule has 1 heterocycles. The summed E-state index contributed by atoms with van der Waals surface area (Å²) in [5.41, 5.74) is 2.79. The van der Waals surface area contributed by atoms with Crippen LogP contribution in [0.1, 0.15) is 22.5 Å². The predicted molar refractivity (Wildman–Crippen MR) is 125 cm³/mol. The second-order valence-electron chi connectivity index (χ2n) is 7.57. The van der Waals surface area contributed by atoms with E-state index in [9.17, 15) is 8.42 Å². The van der Waals surface area contributed by atoms with Crippen LogP contribution in [-0.4, -0.2) is 12.7 Å². The van der Waals surface area contributed by atoms with Gasteiger partial charge in [-0.1, -0.05) is 72.8 Å². The zero-order valence-corrected chi connectivity index (χ0v) is 18.5. The predicted octanol–water partition coefficient (Wildman–Crippen LogP) is 4.96. The van der Waals surface area contributed by atoms with E-state index in [1.54, 1.807) is 24.5 Å². The van der Waals surface area contributed by atoms with E-state index in [0.29, 0.717) is 31.1 Å². The van der Waals surface area contributed by atoms with Gasteiger partial charge in [0.2, 0.25) is 10.0 Å². The Kier molecular flexibility index (Phi) is 7.17. The summed E-state index contributed by atoms with van der Waals surface area (Å²) in [6, 6.07) is 30.2. The Balaban J connectivity index is 1.55. The third-order valence-electron chi connectivity index (χ3n) is 5.15. The van der Waals surface area contributed by atoms with E-state index in [-0.39, 0.29) is 0 Å². The van der Waals surface area contributed by atoms with Crippen LogP contribution in [0.25, 0.3) is 0 Å². The number of sulfonamides is 1. The lowest BCUT2D eigenvalue weighted by molar-refractivity contribution is 0.401. The van der Waals surface area contributed by atoms with Gasteiger partial charge in [-0.2, -0.15) is 4.31 Å². The molecule has 32 heavy (non-hydrogen) atoms. The number of hydrogen-bond acceptors (Lipinski definition) is 4. The first kappa shape index (κ1) is 22.0. The summed E-state index contributed by atoms with van der Waals surface area (Å²) in [5.74, 6) is 0.839. The molecule has 0 spiro atoms. The van der Waals surface area contributed by atoms with Crippen LogP contribution in [0, 0.1) is 0 Å². The van der Waals surface area contributed by atoms with Crippen molar-refractivity contribution in [3.8, 4) is 0 Å². The first-order chi connectivity index (χ1) is 15.6. The van der Waals surface area contributed by atoms with Gasteiger partial charge >= 0.3 is 0 Å². The molecule has 0 aliphatic heterocycles. The van der Waals surface area contributed by atoms with Crippen LogP contribution in [0.4, 0.5) is 0 Å². The SMILES string of the molecule is O=S(=O)(c1cccc(CNCc2ccco2)c1)N(Cc1ccccc1)Cc1ccccc1. The minimum Gasteiger partial charge on any atom is -0.468 e. The van der Waals surface area contributed by atoms with Crippen molar-refractivity contribution in [1.29, 1.82) is 0 Å². The Morgan fingerprint density at radius 2 is 1.31 bits per heavy atom. The molecule has 0 atom stereocenters. The monoisotopic (exact) mass is 446 g/mol. The number of furan rings is 1. The Hall–Kier alpha value is -3.19. The van der Waals surface area contributed by atoms with Crippen molar-refractivity contribution in [2.24, 2.45) is 0 Å². The van der Waals surface area contributed by atoms with Crippen LogP contribution in [0.15, 0.2) is 113 Å². The van der Waals surface area contributed by atoms with Gasteiger partial charge in [0, 0.05) is 19.6 Å². The molecule has 0 aliphatic carbocycles. The molecule has 164 valence electrons. The third-order valence-corrected chi connectivity index (χ3v) is 6.94. The summed E-state index contributed by atoms with van der Waals surface area (Å²) in [6.07, 6.45) is 1.64. The molecule has 0 saturated heterocycles. The van der Waals surface area contributed by atoms with E-state index < -0.39 is 10.0 Å². The summed E-state index contributed by atoms with van der Waals surface area (Å²) in [5, 5.41) is 3.29. The van der Waals surface area contributed by atoms with Gasteiger partial charge in [-0.25, -0.2) is 8.42 Å². The molecule has 0 radical (unpaired) electrons. The van der Waals surface area contributed by atoms with Crippen LogP contribution < -0.4 is 5.32 Å². The quantitative estimate of drug-likeness (QED) is 0.374. The first-order valence-electron chi connectivity index (χ1n) is 10.5. The maximum atomic E-state index is 13.6. The molecule has 1 aromatic heterocycles. The Bertz CT molecular complexity index is 1170. The minimum atomic E-state index is -3.70. The van der Waals surface area contributed by atoms with E-state index in [2.05, 4.69) is 5.32 Å². The number of nitrogens with zero attached hydrogens (tertiary/aromatic N) is 1. The zero-order chi connectivity index (χ0) is 22.2. The Morgan fingerprint density at radius 3 is 1.91 bits per heavy atom. The fraction of sp³-hybridized carbons (Fsp3) is 0.154. The maximum Gasteiger partial charge on any atom is 0.243 e. The van der Waals surface area contributed by atoms with Gasteiger partial charge in [0.15, 0.2) is 0 Å². The van der Waals surface area contributed by atoms with Crippen LogP contribution >= 0.6 is 0 Å². The molecular weight excluding hydrogens is 420 g/mol. The van der Waals surface area contributed by atoms with Gasteiger partial charge in [-0.3, -0.25) is 0 Å². The second-order valence-corrected chi connectivity index (χ2v) is 9.51. The molecule has 6 heteroatoms. The largest absolute Gasteiger partial charge is 0.468 e. The summed E-state index contributed by atoms with van der Waals surface area (Å²) < 4.78 is 34.2. The second kappa shape index (κ2) is 10.4. The molecule has 0 saturated carbocycles. The highest BCUT2D eigenvalue weighted by molar-refractivity contribution is 7.89. The normalized spacial score (nSPS) is 11.7. The minimum absolute atomic E-state index is 0.293. The highest BCUT2D eigenvalue weighted by atomic mass is 32.2. The summed E-state index contributed by atoms with van der Waals surface area (Å²) in [6.45, 7) is 1.73. The van der Waals surface area contributed by atoms with E-state index in [1.165, 1.54) is 4.31 Å². The van der Waals surface area contributed by atoms with Crippen molar-refractivity contribution in [3.63, 3.8) is 0 Å². The highest BCUT2D eigenvalue weighted by Gasteiger charge is 2.25. The van der Waals surface area contributed by atoms with Gasteiger partial charge in [0.05, 0.1) is 17.7 Å². The first-order valence-corrected chi connectivity index (χ1v) is 12.0. The fourth-order valence-corrected chi connectivity index (χ4v) is 5.00. The van der Waals surface area contributed by atoms with Crippen molar-refractivity contribution in [2.45, 2.75) is 31.1 Å². The molecule has 4 rings (SSSR count). The van der Waals surface area contributed by atoms with E-state index >= 15 is 0 Å². The van der Waals surface area contributed by atoms with Crippen molar-refractivity contribution in [1.82, 2.24) is 9.62 Å². The fourth-order valence-electron chi connectivity index (χ4n) is 3.51. The van der Waals surface area contributed by atoms with Crippen molar-refractivity contribution < 1.29 is 12.8 Å². The molecule has 1 N–H and O–H groups in total. The number of nitrogens with one attached hydrogen (secondary N) is 1. The van der Waals surface area contributed by atoms with Crippen LogP contribution in [0.2, 0.25) is 0 Å². The van der Waals surface area contributed by atoms with Gasteiger partial charge in [-0.05, 0) is 41.0 Å². The lowest BCUT2D eigenvalue weighted by atomic mass is 10.2. The molecule has 3 aromatic carbocycles. The van der Waals surface area contributed by atoms with Gasteiger partial charge in [0.25, 0.3) is 0 Å². The molecule has 0 unspecified atom stereocenters. The van der Waals surface area contributed by atoms with Gasteiger partial charge < -0.3 is 9.73 Å². The highest BCUT2D eigenvalue weighted by Crippen LogP contribution is 2.22. The van der Waals surface area contributed by atoms with Crippen molar-refractivity contribution in [3.05, 3.63) is 126 Å². The molecular formula is C26H26N2O3S. The molecule has 0 bridgehead atoms. The van der Waals surface area contributed by atoms with E-state index in [4.69, 9.17) is 4.42 Å². The molecule has 0 amide bonds. The number of benzene rings is 3. The zero-order valence-electron chi connectivity index (χ0n) is 17.7. The standard InChI is InChI=1S/C26H26N2O3S/c29-32(30,26-15-7-13-24(17-26)18-27-19-25-14-8-16-31-25)28(20-22-9-3-1-4-10-22)21-23-11-5-2-6-12-23/h1-17,27H,18-21H2. The molecule has 0 aliphatic rings. The van der Waals surface area contributed by atoms with Gasteiger partial charge in [0.1, 0.15) is 5.76 Å². The topological polar surface area (TPSA) is 62.6 Å². The van der Waals surface area contributed by atoms with Crippen LogP contribution in [-0.2, 0) is 36.2 Å². The van der Waals surface area contributed by atoms with E-state index in [1.807, 2.05) is 78.9 Å². The van der Waals surface area contributed by atoms with Crippen LogP contribution in [0.3, 0.4) is 0 Å². The van der Waals surface area contributed by atoms with Crippen molar-refractivity contribution >= 4 is 10.0 Å². The summed E-state index contributed by atoms with van der Waals surface area (Å²) >= 11 is 0. The average molecular weight is 447 g/mol. The van der Waals surface area contributed by atoms with Crippen molar-refractivity contribution in [2.75, 3.05) is 0 Å². The van der Waals surface area contributed by atoms with Gasteiger partial charge in [-0.15, -0.1) is 0 Å². The average Bonchev–Trinajstić information content (AvgIpc) is 3.34. The third kappa shape index (κ3) is 5.73. The molecule has 5 nitrogen and oxygen atoms in total. The lowest BCUT2D eigenvalue weighted by Gasteiger charge is -2.23. The summed E-state index contributed by atoms with van der Waals surface area (Å²) in [7, 11) is -3.70. The maximum absolute atomic E-state index is 13.6. The van der Waals surface area contributed by atoms with E-state index in [0.717, 1.165) is 22.5 Å². The smallest absolute Gasteiger partial charge is 0.243 e. The lowest BCUT2D eigenvalue weighted by Crippen LogP contribution is -2.30. The number of hydrogen-bond donors (Lipinski definition) is 1.